The van der Waals surface area contributed by atoms with Crippen molar-refractivity contribution in [3.05, 3.63) is 41.5 Å². The van der Waals surface area contributed by atoms with Gasteiger partial charge in [-0.25, -0.2) is 4.98 Å². The highest BCUT2D eigenvalue weighted by Crippen LogP contribution is 2.35. The molecule has 1 N–H and O–H groups in total. The number of furan rings is 1. The zero-order chi connectivity index (χ0) is 18.0. The van der Waals surface area contributed by atoms with Crippen LogP contribution >= 0.6 is 0 Å². The Morgan fingerprint density at radius 3 is 2.84 bits per heavy atom. The number of nitrogens with zero attached hydrogens (tertiary/aromatic N) is 3. The molecular weight excluding hydrogens is 320 g/mol. The summed E-state index contributed by atoms with van der Waals surface area (Å²) in [6.07, 6.45) is 1.62. The highest BCUT2D eigenvalue weighted by Gasteiger charge is 2.37. The number of aryl methyl sites for hydroxylation is 1. The fraction of sp³-hybridized carbons (Fsp3) is 0.389. The Balaban J connectivity index is 1.95. The first-order valence-electron chi connectivity index (χ1n) is 8.05. The molecule has 130 valence electrons. The normalized spacial score (nSPS) is 19.5. The van der Waals surface area contributed by atoms with Crippen molar-refractivity contribution in [2.24, 2.45) is 0 Å². The second-order valence-electron chi connectivity index (χ2n) is 6.09. The smallest absolute Gasteiger partial charge is 0.233 e. The molecule has 3 rings (SSSR count). The number of nitriles is 1. The number of methoxy groups -OCH3 is 1. The third-order valence-corrected chi connectivity index (χ3v) is 4.38. The molecule has 1 saturated heterocycles. The van der Waals surface area contributed by atoms with Crippen LogP contribution in [-0.2, 0) is 4.79 Å². The number of amides is 1. The fourth-order valence-corrected chi connectivity index (χ4v) is 3.31. The number of anilines is 1. The van der Waals surface area contributed by atoms with Gasteiger partial charge in [-0.3, -0.25) is 4.79 Å². The molecule has 0 radical (unpaired) electrons. The van der Waals surface area contributed by atoms with E-state index in [-0.39, 0.29) is 17.9 Å². The summed E-state index contributed by atoms with van der Waals surface area (Å²) in [4.78, 5) is 17.8. The molecular formula is C18H20N4O3. The minimum absolute atomic E-state index is 0.00306. The van der Waals surface area contributed by atoms with E-state index in [4.69, 9.17) is 9.15 Å². The van der Waals surface area contributed by atoms with E-state index in [0.29, 0.717) is 24.5 Å². The standard InChI is InChI=1S/C18H20N4O3/c1-11-4-5-17(25-11)14-9-22(10-15(14)21-12(2)23)16-6-7-20-18(24-3)13(16)8-19/h4-7,14-15H,9-10H2,1-3H3,(H,21,23)/t14-,15-/m0/s1. The number of hydrogen-bond acceptors (Lipinski definition) is 6. The van der Waals surface area contributed by atoms with Gasteiger partial charge in [0.25, 0.3) is 0 Å². The molecule has 7 heteroatoms. The SMILES string of the molecule is COc1nccc(N2C[C@H](NC(C)=O)[C@@H](c3ccc(C)o3)C2)c1C#N. The first-order chi connectivity index (χ1) is 12.0. The molecule has 0 aromatic carbocycles. The largest absolute Gasteiger partial charge is 0.480 e. The molecule has 1 aliphatic heterocycles. The molecule has 0 spiro atoms. The maximum absolute atomic E-state index is 11.6. The summed E-state index contributed by atoms with van der Waals surface area (Å²) in [6, 6.07) is 7.71. The van der Waals surface area contributed by atoms with Crippen LogP contribution in [0.25, 0.3) is 0 Å². The minimum Gasteiger partial charge on any atom is -0.480 e. The van der Waals surface area contributed by atoms with Gasteiger partial charge in [0.05, 0.1) is 24.8 Å². The van der Waals surface area contributed by atoms with Crippen molar-refractivity contribution >= 4 is 11.6 Å². The van der Waals surface area contributed by atoms with Crippen LogP contribution in [0.4, 0.5) is 5.69 Å². The van der Waals surface area contributed by atoms with Crippen molar-refractivity contribution in [2.75, 3.05) is 25.1 Å². The van der Waals surface area contributed by atoms with Gasteiger partial charge in [0.2, 0.25) is 11.8 Å². The lowest BCUT2D eigenvalue weighted by Crippen LogP contribution is -2.38. The van der Waals surface area contributed by atoms with Crippen LogP contribution < -0.4 is 15.0 Å². The summed E-state index contributed by atoms with van der Waals surface area (Å²) in [5.74, 6) is 1.88. The van der Waals surface area contributed by atoms with Gasteiger partial charge in [-0.2, -0.15) is 5.26 Å². The van der Waals surface area contributed by atoms with Crippen LogP contribution in [0.2, 0.25) is 0 Å². The van der Waals surface area contributed by atoms with Crippen molar-refractivity contribution in [3.63, 3.8) is 0 Å². The summed E-state index contributed by atoms with van der Waals surface area (Å²) in [6.45, 7) is 4.60. The molecule has 2 atom stereocenters. The lowest BCUT2D eigenvalue weighted by Gasteiger charge is -2.20. The van der Waals surface area contributed by atoms with Crippen LogP contribution in [0, 0.1) is 18.3 Å². The predicted molar refractivity (Wildman–Crippen MR) is 91.5 cm³/mol. The second kappa shape index (κ2) is 6.85. The lowest BCUT2D eigenvalue weighted by atomic mass is 10.0. The second-order valence-corrected chi connectivity index (χ2v) is 6.09. The molecule has 0 bridgehead atoms. The van der Waals surface area contributed by atoms with Crippen LogP contribution in [-0.4, -0.2) is 37.1 Å². The van der Waals surface area contributed by atoms with Gasteiger partial charge in [0, 0.05) is 26.2 Å². The van der Waals surface area contributed by atoms with Gasteiger partial charge < -0.3 is 19.4 Å². The lowest BCUT2D eigenvalue weighted by molar-refractivity contribution is -0.119. The third kappa shape index (κ3) is 3.29. The van der Waals surface area contributed by atoms with Gasteiger partial charge in [-0.15, -0.1) is 0 Å². The zero-order valence-electron chi connectivity index (χ0n) is 14.4. The molecule has 0 saturated carbocycles. The van der Waals surface area contributed by atoms with E-state index in [2.05, 4.69) is 21.3 Å². The highest BCUT2D eigenvalue weighted by molar-refractivity contribution is 5.74. The minimum atomic E-state index is -0.103. The molecule has 1 aliphatic rings. The first kappa shape index (κ1) is 16.8. The summed E-state index contributed by atoms with van der Waals surface area (Å²) >= 11 is 0. The van der Waals surface area contributed by atoms with Crippen LogP contribution in [0.1, 0.15) is 29.9 Å². The van der Waals surface area contributed by atoms with Crippen molar-refractivity contribution in [1.82, 2.24) is 10.3 Å². The van der Waals surface area contributed by atoms with Crippen molar-refractivity contribution < 1.29 is 13.9 Å². The van der Waals surface area contributed by atoms with E-state index in [1.165, 1.54) is 14.0 Å². The van der Waals surface area contributed by atoms with E-state index < -0.39 is 0 Å². The zero-order valence-corrected chi connectivity index (χ0v) is 14.4. The summed E-state index contributed by atoms with van der Waals surface area (Å²) in [5.41, 5.74) is 1.14. The van der Waals surface area contributed by atoms with Crippen LogP contribution in [0.5, 0.6) is 5.88 Å². The number of nitrogens with one attached hydrogen (secondary N) is 1. The third-order valence-electron chi connectivity index (χ3n) is 4.38. The molecule has 2 aromatic rings. The molecule has 0 unspecified atom stereocenters. The Morgan fingerprint density at radius 2 is 2.24 bits per heavy atom. The molecule has 0 aliphatic carbocycles. The number of pyridine rings is 1. The van der Waals surface area contributed by atoms with Crippen molar-refractivity contribution in [1.29, 1.82) is 5.26 Å². The Bertz CT molecular complexity index is 824. The molecule has 3 heterocycles. The Labute approximate surface area is 146 Å². The molecule has 2 aromatic heterocycles. The maximum Gasteiger partial charge on any atom is 0.233 e. The van der Waals surface area contributed by atoms with Crippen molar-refractivity contribution in [2.45, 2.75) is 25.8 Å². The Hall–Kier alpha value is -3.01. The van der Waals surface area contributed by atoms with E-state index in [1.54, 1.807) is 12.3 Å². The number of hydrogen-bond donors (Lipinski definition) is 1. The topological polar surface area (TPSA) is 91.4 Å². The quantitative estimate of drug-likeness (QED) is 0.915. The Kier molecular flexibility index (Phi) is 4.61. The average Bonchev–Trinajstić information content (AvgIpc) is 3.19. The van der Waals surface area contributed by atoms with E-state index in [9.17, 15) is 10.1 Å². The maximum atomic E-state index is 11.6. The van der Waals surface area contributed by atoms with Gasteiger partial charge in [0.15, 0.2) is 0 Å². The van der Waals surface area contributed by atoms with Gasteiger partial charge in [0.1, 0.15) is 23.2 Å². The van der Waals surface area contributed by atoms with Gasteiger partial charge >= 0.3 is 0 Å². The number of aromatic nitrogens is 1. The summed E-state index contributed by atoms with van der Waals surface area (Å²) < 4.78 is 11.0. The highest BCUT2D eigenvalue weighted by atomic mass is 16.5. The summed E-state index contributed by atoms with van der Waals surface area (Å²) in [5, 5.41) is 12.5. The molecule has 7 nitrogen and oxygen atoms in total. The monoisotopic (exact) mass is 340 g/mol. The van der Waals surface area contributed by atoms with Gasteiger partial charge in [-0.05, 0) is 25.1 Å². The van der Waals surface area contributed by atoms with Crippen LogP contribution in [0.15, 0.2) is 28.8 Å². The molecule has 25 heavy (non-hydrogen) atoms. The number of rotatable bonds is 4. The average molecular weight is 340 g/mol. The molecule has 1 fully saturated rings. The number of carbonyl (C=O) groups is 1. The van der Waals surface area contributed by atoms with E-state index >= 15 is 0 Å². The number of carbonyl (C=O) groups excluding carboxylic acids is 1. The molecule has 1 amide bonds. The number of ether oxygens (including phenoxy) is 1. The Morgan fingerprint density at radius 1 is 1.44 bits per heavy atom. The van der Waals surface area contributed by atoms with Gasteiger partial charge in [-0.1, -0.05) is 0 Å². The summed E-state index contributed by atoms with van der Waals surface area (Å²) in [7, 11) is 1.49. The van der Waals surface area contributed by atoms with Crippen molar-refractivity contribution in [3.8, 4) is 11.9 Å². The van der Waals surface area contributed by atoms with Crippen LogP contribution in [0.3, 0.4) is 0 Å². The van der Waals surface area contributed by atoms with E-state index in [1.807, 2.05) is 19.1 Å². The fourth-order valence-electron chi connectivity index (χ4n) is 3.31. The predicted octanol–water partition coefficient (Wildman–Crippen LogP) is 1.97. The van der Waals surface area contributed by atoms with E-state index in [0.717, 1.165) is 17.2 Å². The first-order valence-corrected chi connectivity index (χ1v) is 8.05.